The lowest BCUT2D eigenvalue weighted by atomic mass is 9.73. The summed E-state index contributed by atoms with van der Waals surface area (Å²) in [6, 6.07) is 6.88. The van der Waals surface area contributed by atoms with Gasteiger partial charge in [0.05, 0.1) is 0 Å². The maximum Gasteiger partial charge on any atom is 0.165 e. The van der Waals surface area contributed by atoms with Crippen molar-refractivity contribution in [2.45, 2.75) is 83.0 Å². The predicted octanol–water partition coefficient (Wildman–Crippen LogP) is 9.27. The lowest BCUT2D eigenvalue weighted by Gasteiger charge is -2.32. The second kappa shape index (κ2) is 11.9. The zero-order valence-electron chi connectivity index (χ0n) is 22.7. The second-order valence-electron chi connectivity index (χ2n) is 11.3. The van der Waals surface area contributed by atoms with Gasteiger partial charge in [0, 0.05) is 5.56 Å². The average Bonchev–Trinajstić information content (AvgIpc) is 2.97. The van der Waals surface area contributed by atoms with Crippen molar-refractivity contribution in [2.24, 2.45) is 5.92 Å². The zero-order chi connectivity index (χ0) is 29.4. The molecule has 0 aromatic heterocycles. The van der Waals surface area contributed by atoms with Crippen LogP contribution < -0.4 is 0 Å². The molecule has 1 fully saturated rings. The van der Waals surface area contributed by atoms with Crippen LogP contribution in [0.4, 0.5) is 30.7 Å². The molecular formula is C33H30F7N. The highest BCUT2D eigenvalue weighted by atomic mass is 19.2. The van der Waals surface area contributed by atoms with Crippen LogP contribution in [-0.4, -0.2) is 0 Å². The van der Waals surface area contributed by atoms with Gasteiger partial charge in [0.1, 0.15) is 29.1 Å². The molecule has 1 nitrogen and oxygen atoms in total. The van der Waals surface area contributed by atoms with Gasteiger partial charge in [0.2, 0.25) is 0 Å². The Balaban J connectivity index is 1.29. The summed E-state index contributed by atoms with van der Waals surface area (Å²) in [5.74, 6) is -7.52. The number of rotatable bonds is 6. The van der Waals surface area contributed by atoms with Crippen molar-refractivity contribution in [1.29, 1.82) is 5.26 Å². The molecule has 0 heterocycles. The summed E-state index contributed by atoms with van der Waals surface area (Å²) < 4.78 is 103. The minimum absolute atomic E-state index is 0.0187. The van der Waals surface area contributed by atoms with Gasteiger partial charge >= 0.3 is 0 Å². The Labute approximate surface area is 235 Å². The number of benzene rings is 3. The van der Waals surface area contributed by atoms with Gasteiger partial charge in [-0.05, 0) is 122 Å². The van der Waals surface area contributed by atoms with E-state index in [1.807, 2.05) is 0 Å². The normalized spacial score (nSPS) is 20.5. The molecule has 1 saturated carbocycles. The summed E-state index contributed by atoms with van der Waals surface area (Å²) in [5.41, 5.74) is 0.218. The van der Waals surface area contributed by atoms with E-state index in [4.69, 9.17) is 5.26 Å². The Morgan fingerprint density at radius 1 is 0.732 bits per heavy atom. The van der Waals surface area contributed by atoms with Crippen molar-refractivity contribution in [3.05, 3.63) is 104 Å². The standard InChI is InChI=1S/C33H30F7N/c1-2-18-6-11-21(30(37)29(18)36)5-3-17-4-12-23-24(13-17)32(39)33(40)28(31(23)38)20-9-7-19(8-10-20)22-14-26(34)25(16-41)27(35)15-22/h6,11,14-15,17,19-20H,2-5,7-10,12-13H2,1H3. The molecule has 2 aliphatic carbocycles. The number of fused-ring (bicyclic) bond motifs is 1. The third kappa shape index (κ3) is 5.48. The molecule has 0 radical (unpaired) electrons. The second-order valence-corrected chi connectivity index (χ2v) is 11.3. The summed E-state index contributed by atoms with van der Waals surface area (Å²) in [5, 5.41) is 8.89. The number of nitrogens with zero attached hydrogens (tertiary/aromatic N) is 1. The zero-order valence-corrected chi connectivity index (χ0v) is 22.7. The van der Waals surface area contributed by atoms with Crippen LogP contribution in [0, 0.1) is 58.0 Å². The molecule has 0 bridgehead atoms. The first-order valence-electron chi connectivity index (χ1n) is 14.2. The predicted molar refractivity (Wildman–Crippen MR) is 141 cm³/mol. The van der Waals surface area contributed by atoms with Gasteiger partial charge in [0.15, 0.2) is 23.3 Å². The van der Waals surface area contributed by atoms with Crippen LogP contribution in [0.5, 0.6) is 0 Å². The first kappa shape index (κ1) is 29.2. The van der Waals surface area contributed by atoms with Crippen molar-refractivity contribution in [3.8, 4) is 6.07 Å². The van der Waals surface area contributed by atoms with Crippen LogP contribution in [0.1, 0.15) is 96.2 Å². The third-order valence-corrected chi connectivity index (χ3v) is 9.08. The summed E-state index contributed by atoms with van der Waals surface area (Å²) in [6.07, 6.45) is 3.38. The van der Waals surface area contributed by atoms with Crippen molar-refractivity contribution in [2.75, 3.05) is 0 Å². The fraction of sp³-hybridized carbons (Fsp3) is 0.424. The molecule has 2 aliphatic rings. The van der Waals surface area contributed by atoms with Crippen molar-refractivity contribution in [3.63, 3.8) is 0 Å². The molecule has 3 aromatic carbocycles. The van der Waals surface area contributed by atoms with E-state index >= 15 is 13.2 Å². The van der Waals surface area contributed by atoms with Gasteiger partial charge in [-0.25, -0.2) is 30.7 Å². The molecule has 41 heavy (non-hydrogen) atoms. The van der Waals surface area contributed by atoms with E-state index in [1.54, 1.807) is 19.1 Å². The molecule has 0 saturated heterocycles. The molecule has 0 spiro atoms. The molecular weight excluding hydrogens is 543 g/mol. The van der Waals surface area contributed by atoms with Gasteiger partial charge in [0.25, 0.3) is 0 Å². The first-order chi connectivity index (χ1) is 19.6. The monoisotopic (exact) mass is 573 g/mol. The Morgan fingerprint density at radius 3 is 1.98 bits per heavy atom. The molecule has 5 rings (SSSR count). The number of nitriles is 1. The van der Waals surface area contributed by atoms with Crippen molar-refractivity contribution >= 4 is 0 Å². The van der Waals surface area contributed by atoms with Crippen LogP contribution in [0.15, 0.2) is 24.3 Å². The number of halogens is 7. The van der Waals surface area contributed by atoms with E-state index in [9.17, 15) is 17.6 Å². The summed E-state index contributed by atoms with van der Waals surface area (Å²) in [6.45, 7) is 1.74. The van der Waals surface area contributed by atoms with E-state index in [-0.39, 0.29) is 53.4 Å². The van der Waals surface area contributed by atoms with Crippen molar-refractivity contribution < 1.29 is 30.7 Å². The maximum absolute atomic E-state index is 15.7. The number of hydrogen-bond acceptors (Lipinski definition) is 1. The Morgan fingerprint density at radius 2 is 1.34 bits per heavy atom. The molecule has 1 unspecified atom stereocenters. The number of hydrogen-bond donors (Lipinski definition) is 0. The SMILES string of the molecule is CCc1ccc(CCC2CCc3c(F)c(C4CCC(c5cc(F)c(C#N)c(F)c5)CC4)c(F)c(F)c3C2)c(F)c1F. The highest BCUT2D eigenvalue weighted by Gasteiger charge is 2.35. The lowest BCUT2D eigenvalue weighted by molar-refractivity contribution is 0.353. The topological polar surface area (TPSA) is 23.8 Å². The molecule has 1 atom stereocenters. The molecule has 216 valence electrons. The highest BCUT2D eigenvalue weighted by Crippen LogP contribution is 2.45. The molecule has 0 N–H and O–H groups in total. The van der Waals surface area contributed by atoms with Crippen LogP contribution in [0.2, 0.25) is 0 Å². The first-order valence-corrected chi connectivity index (χ1v) is 14.2. The van der Waals surface area contributed by atoms with Gasteiger partial charge in [-0.3, -0.25) is 0 Å². The summed E-state index contributed by atoms with van der Waals surface area (Å²) in [7, 11) is 0. The molecule has 3 aromatic rings. The van der Waals surface area contributed by atoms with Crippen LogP contribution >= 0.6 is 0 Å². The van der Waals surface area contributed by atoms with E-state index in [1.165, 1.54) is 6.07 Å². The Hall–Kier alpha value is -3.34. The minimum Gasteiger partial charge on any atom is -0.206 e. The third-order valence-electron chi connectivity index (χ3n) is 9.08. The van der Waals surface area contributed by atoms with Crippen LogP contribution in [0.3, 0.4) is 0 Å². The van der Waals surface area contributed by atoms with Gasteiger partial charge in [-0.2, -0.15) is 5.26 Å². The minimum atomic E-state index is -1.19. The smallest absolute Gasteiger partial charge is 0.165 e. The van der Waals surface area contributed by atoms with Gasteiger partial charge < -0.3 is 0 Å². The summed E-state index contributed by atoms with van der Waals surface area (Å²) in [4.78, 5) is 0. The van der Waals surface area contributed by atoms with E-state index in [0.717, 1.165) is 12.1 Å². The molecule has 0 amide bonds. The summed E-state index contributed by atoms with van der Waals surface area (Å²) >= 11 is 0. The van der Waals surface area contributed by atoms with Crippen LogP contribution in [-0.2, 0) is 25.7 Å². The Kier molecular flexibility index (Phi) is 8.45. The number of aryl methyl sites for hydroxylation is 2. The fourth-order valence-corrected chi connectivity index (χ4v) is 6.70. The highest BCUT2D eigenvalue weighted by molar-refractivity contribution is 5.41. The molecule has 8 heteroatoms. The van der Waals surface area contributed by atoms with Crippen molar-refractivity contribution in [1.82, 2.24) is 0 Å². The lowest BCUT2D eigenvalue weighted by Crippen LogP contribution is -2.23. The fourth-order valence-electron chi connectivity index (χ4n) is 6.70. The Bertz CT molecular complexity index is 1490. The van der Waals surface area contributed by atoms with E-state index < -0.39 is 52.2 Å². The quantitative estimate of drug-likeness (QED) is 0.213. The van der Waals surface area contributed by atoms with E-state index in [2.05, 4.69) is 0 Å². The van der Waals surface area contributed by atoms with E-state index in [0.29, 0.717) is 56.1 Å². The van der Waals surface area contributed by atoms with Gasteiger partial charge in [-0.15, -0.1) is 0 Å². The van der Waals surface area contributed by atoms with Crippen LogP contribution in [0.25, 0.3) is 0 Å². The molecule has 0 aliphatic heterocycles. The van der Waals surface area contributed by atoms with Gasteiger partial charge in [-0.1, -0.05) is 19.1 Å². The average molecular weight is 574 g/mol. The largest absolute Gasteiger partial charge is 0.206 e. The maximum atomic E-state index is 15.7.